The Bertz CT molecular complexity index is 2360. The van der Waals surface area contributed by atoms with E-state index in [0.29, 0.717) is 49.0 Å². The van der Waals surface area contributed by atoms with Gasteiger partial charge in [0.2, 0.25) is 0 Å². The molecule has 5 aliphatic heterocycles. The van der Waals surface area contributed by atoms with Crippen LogP contribution in [-0.4, -0.2) is 101 Å². The predicted molar refractivity (Wildman–Crippen MR) is 241 cm³/mol. The number of aliphatic hydroxyl groups excluding tert-OH is 3. The van der Waals surface area contributed by atoms with Crippen molar-refractivity contribution < 1.29 is 53.1 Å². The van der Waals surface area contributed by atoms with E-state index >= 15 is 9.59 Å². The zero-order valence-electron chi connectivity index (χ0n) is 39.2. The van der Waals surface area contributed by atoms with Crippen LogP contribution in [0.1, 0.15) is 108 Å². The number of ether oxygens (including phenoxy) is 4. The molecule has 5 N–H and O–H groups in total. The second kappa shape index (κ2) is 15.7. The molecule has 1 aromatic carbocycles. The van der Waals surface area contributed by atoms with Gasteiger partial charge in [-0.1, -0.05) is 49.1 Å². The van der Waals surface area contributed by atoms with E-state index in [9.17, 15) is 20.1 Å². The van der Waals surface area contributed by atoms with Crippen LogP contribution < -0.4 is 10.6 Å². The zero-order chi connectivity index (χ0) is 46.3. The van der Waals surface area contributed by atoms with Crippen LogP contribution in [-0.2, 0) is 51.8 Å². The van der Waals surface area contributed by atoms with E-state index < -0.39 is 75.3 Å². The Morgan fingerprint density at radius 1 is 0.970 bits per heavy atom. The van der Waals surface area contributed by atoms with Crippen molar-refractivity contribution in [2.75, 3.05) is 26.4 Å². The van der Waals surface area contributed by atoms with Gasteiger partial charge in [-0.05, 0) is 125 Å². The molecular formula is C54H68N2O11. The number of nitrogens with one attached hydrogen (secondary N) is 2. The highest BCUT2D eigenvalue weighted by atomic mass is 16.7. The first-order valence-electron chi connectivity index (χ1n) is 25.5. The first-order valence-corrected chi connectivity index (χ1v) is 25.5. The number of carbonyl (C=O) groups is 3. The highest BCUT2D eigenvalue weighted by Crippen LogP contribution is 2.84. The summed E-state index contributed by atoms with van der Waals surface area (Å²) in [6, 6.07) is 12.8. The molecule has 6 heterocycles. The van der Waals surface area contributed by atoms with E-state index in [0.717, 1.165) is 58.2 Å². The van der Waals surface area contributed by atoms with Crippen molar-refractivity contribution in [3.8, 4) is 11.8 Å². The normalized spacial score (nSPS) is 46.5. The maximum Gasteiger partial charge on any atom is 0.339 e. The number of aliphatic hydroxyl groups is 3. The quantitative estimate of drug-likeness (QED) is 0.132. The number of hydrogen-bond acceptors (Lipinski definition) is 13. The highest BCUT2D eigenvalue weighted by molar-refractivity contribution is 5.92. The van der Waals surface area contributed by atoms with Crippen LogP contribution >= 0.6 is 0 Å². The molecule has 3 spiro atoms. The number of fused-ring (bicyclic) bond motifs is 1. The molecule has 0 unspecified atom stereocenters. The number of esters is 2. The minimum atomic E-state index is -1.54. The van der Waals surface area contributed by atoms with Crippen LogP contribution in [0.4, 0.5) is 0 Å². The van der Waals surface area contributed by atoms with Gasteiger partial charge >= 0.3 is 11.9 Å². The Kier molecular flexibility index (Phi) is 10.4. The number of carbonyl (C=O) groups excluding carboxylic acids is 3. The van der Waals surface area contributed by atoms with E-state index in [2.05, 4.69) is 53.7 Å². The molecule has 67 heavy (non-hydrogen) atoms. The number of ketones is 1. The van der Waals surface area contributed by atoms with Crippen molar-refractivity contribution in [3.05, 3.63) is 59.5 Å². The number of epoxide rings is 1. The van der Waals surface area contributed by atoms with E-state index in [-0.39, 0.29) is 67.4 Å². The van der Waals surface area contributed by atoms with Gasteiger partial charge in [-0.25, -0.2) is 4.79 Å². The lowest BCUT2D eigenvalue weighted by Gasteiger charge is -2.71. The summed E-state index contributed by atoms with van der Waals surface area (Å²) in [6.45, 7) is 7.31. The molecule has 12 rings (SSSR count). The molecule has 2 aromatic rings. The van der Waals surface area contributed by atoms with Crippen molar-refractivity contribution in [1.29, 1.82) is 0 Å². The summed E-state index contributed by atoms with van der Waals surface area (Å²) < 4.78 is 33.7. The molecule has 10 aliphatic rings. The van der Waals surface area contributed by atoms with Crippen LogP contribution in [0.25, 0.3) is 0 Å². The maximum atomic E-state index is 15.8. The van der Waals surface area contributed by atoms with Gasteiger partial charge in [-0.2, -0.15) is 0 Å². The van der Waals surface area contributed by atoms with Crippen LogP contribution in [0, 0.1) is 75.4 Å². The Balaban J connectivity index is 1.01. The number of cyclic esters (lactones) is 1. The molecule has 360 valence electrons. The third kappa shape index (κ3) is 5.96. The van der Waals surface area contributed by atoms with Gasteiger partial charge in [-0.15, -0.1) is 0 Å². The Morgan fingerprint density at radius 2 is 1.78 bits per heavy atom. The Hall–Kier alpha value is -3.61. The van der Waals surface area contributed by atoms with E-state index in [1.165, 1.54) is 5.56 Å². The molecule has 16 atom stereocenters. The van der Waals surface area contributed by atoms with Crippen LogP contribution in [0.2, 0.25) is 0 Å². The lowest BCUT2D eigenvalue weighted by molar-refractivity contribution is -0.295. The fraction of sp³-hybridized carbons (Fsp3) is 0.722. The summed E-state index contributed by atoms with van der Waals surface area (Å²) in [5.74, 6) is 5.44. The molecule has 4 bridgehead atoms. The Morgan fingerprint density at radius 3 is 2.54 bits per heavy atom. The average Bonchev–Trinajstić information content (AvgIpc) is 3.57. The molecule has 13 heteroatoms. The number of furan rings is 1. The van der Waals surface area contributed by atoms with Crippen molar-refractivity contribution in [2.24, 2.45) is 63.6 Å². The summed E-state index contributed by atoms with van der Waals surface area (Å²) in [4.78, 5) is 44.3. The van der Waals surface area contributed by atoms with Crippen molar-refractivity contribution in [1.82, 2.24) is 10.6 Å². The fourth-order valence-electron chi connectivity index (χ4n) is 17.8. The largest absolute Gasteiger partial charge is 0.469 e. The molecule has 1 aromatic heterocycles. The lowest BCUT2D eigenvalue weighted by Crippen LogP contribution is -2.81. The van der Waals surface area contributed by atoms with Gasteiger partial charge in [0.25, 0.3) is 0 Å². The SMILES string of the molecule is CC1(C)O[C@H]2CC(=O)OC[C@@]23[C@@H]1C(=O)[C@@H](O)[C@]12[C@@H]3CC[C@]3(C)[C@@]14O[C@@H]4C(=O)O[C@]3(c1ccoc1C[C@@H](C1CCC([C@@H]3CNCN3)CC1)[C@H](O)CO)CC#C[C@@H]1CC[C@H](Cc3ccccc3)C[C@@H]12. The minimum absolute atomic E-state index is 0.00346. The van der Waals surface area contributed by atoms with Crippen molar-refractivity contribution in [2.45, 2.75) is 152 Å². The molecule has 0 amide bonds. The predicted octanol–water partition coefficient (Wildman–Crippen LogP) is 4.76. The van der Waals surface area contributed by atoms with Gasteiger partial charge in [0, 0.05) is 53.4 Å². The first-order chi connectivity index (χ1) is 32.3. The summed E-state index contributed by atoms with van der Waals surface area (Å²) in [7, 11) is 0. The number of rotatable bonds is 9. The molecule has 5 aliphatic carbocycles. The number of Topliss-reactive ketones (excluding diaryl/α,β-unsaturated/α-hetero) is 1. The van der Waals surface area contributed by atoms with E-state index in [1.807, 2.05) is 26.0 Å². The van der Waals surface area contributed by atoms with Gasteiger partial charge in [0.15, 0.2) is 17.5 Å². The number of benzene rings is 1. The van der Waals surface area contributed by atoms with Crippen molar-refractivity contribution in [3.63, 3.8) is 0 Å². The van der Waals surface area contributed by atoms with Gasteiger partial charge in [0.1, 0.15) is 24.1 Å². The van der Waals surface area contributed by atoms with Crippen LogP contribution in [0.15, 0.2) is 47.1 Å². The van der Waals surface area contributed by atoms with Gasteiger partial charge < -0.3 is 49.3 Å². The monoisotopic (exact) mass is 920 g/mol. The molecule has 13 nitrogen and oxygen atoms in total. The second-order valence-electron chi connectivity index (χ2n) is 23.3. The van der Waals surface area contributed by atoms with E-state index in [4.69, 9.17) is 23.4 Å². The zero-order valence-corrected chi connectivity index (χ0v) is 39.2. The lowest BCUT2D eigenvalue weighted by atomic mass is 9.31. The molecular weight excluding hydrogens is 853 g/mol. The third-order valence-electron chi connectivity index (χ3n) is 20.4. The average molecular weight is 921 g/mol. The summed E-state index contributed by atoms with van der Waals surface area (Å²) >= 11 is 0. The minimum Gasteiger partial charge on any atom is -0.469 e. The molecule has 9 fully saturated rings. The van der Waals surface area contributed by atoms with Gasteiger partial charge in [-0.3, -0.25) is 9.59 Å². The second-order valence-corrected chi connectivity index (χ2v) is 23.3. The smallest absolute Gasteiger partial charge is 0.339 e. The van der Waals surface area contributed by atoms with Crippen LogP contribution in [0.3, 0.4) is 0 Å². The summed E-state index contributed by atoms with van der Waals surface area (Å²) in [5.41, 5.74) is -5.32. The summed E-state index contributed by atoms with van der Waals surface area (Å²) in [5, 5.41) is 42.8. The maximum absolute atomic E-state index is 15.8. The van der Waals surface area contributed by atoms with E-state index in [1.54, 1.807) is 6.26 Å². The van der Waals surface area contributed by atoms with Gasteiger partial charge in [0.05, 0.1) is 49.4 Å². The third-order valence-corrected chi connectivity index (χ3v) is 20.4. The van der Waals surface area contributed by atoms with Crippen molar-refractivity contribution >= 4 is 17.7 Å². The van der Waals surface area contributed by atoms with Crippen LogP contribution in [0.5, 0.6) is 0 Å². The number of hydrogen-bond donors (Lipinski definition) is 5. The fourth-order valence-corrected chi connectivity index (χ4v) is 17.8. The molecule has 5 saturated heterocycles. The topological polar surface area (TPSA) is 189 Å². The Labute approximate surface area is 393 Å². The summed E-state index contributed by atoms with van der Waals surface area (Å²) in [6.07, 6.45) is 5.87. The standard InChI is InChI=1S/C54H68N2O11/c1-49(2)45-44(60)46(61)53-37-23-31(22-30-8-5-4-6-9-30)11-12-33(37)10-7-19-52(36-18-21-63-40(36)24-35(39(58)27-57)32-13-15-34(16-14-32)38-26-55-29-56-38)50(3,54(53)47(66-54)48(62)67-52)20-17-41(53)51(45)28-64-43(59)25-42(51)65-49/h4-6,8-9,18,21,31-35,37-39,41-42,45-47,55-58,61H,11-17,19-20,22-29H2,1-3H3/t31-,32?,33-,34?,35+,37+,38+,39-,41-,42+,45-,46-,47-,50+,51+,52+,53+,54-/m1/s1. The molecule has 4 saturated carbocycles. The highest BCUT2D eigenvalue weighted by Gasteiger charge is 2.95. The first kappa shape index (κ1) is 44.6. The molecule has 0 radical (unpaired) electrons.